The first-order valence-electron chi connectivity index (χ1n) is 12.9. The minimum Gasteiger partial charge on any atom is -0.463 e. The van der Waals surface area contributed by atoms with Crippen molar-refractivity contribution < 1.29 is 36.7 Å². The summed E-state index contributed by atoms with van der Waals surface area (Å²) in [5.74, 6) is -1.51. The van der Waals surface area contributed by atoms with E-state index in [-0.39, 0.29) is 35.9 Å². The van der Waals surface area contributed by atoms with Gasteiger partial charge in [0.2, 0.25) is 0 Å². The van der Waals surface area contributed by atoms with Gasteiger partial charge < -0.3 is 15.0 Å². The largest absolute Gasteiger partial charge is 0.463 e. The number of hydrogen-bond acceptors (Lipinski definition) is 5. The van der Waals surface area contributed by atoms with E-state index >= 15 is 0 Å². The number of urea groups is 1. The van der Waals surface area contributed by atoms with Gasteiger partial charge in [0.25, 0.3) is 5.91 Å². The van der Waals surface area contributed by atoms with E-state index in [4.69, 9.17) is 4.74 Å². The van der Waals surface area contributed by atoms with Crippen LogP contribution in [0.4, 0.5) is 22.4 Å². The van der Waals surface area contributed by atoms with E-state index in [1.54, 1.807) is 11.8 Å². The molecule has 40 heavy (non-hydrogen) atoms. The summed E-state index contributed by atoms with van der Waals surface area (Å²) in [5, 5.41) is 2.54. The van der Waals surface area contributed by atoms with Crippen LogP contribution < -0.4 is 5.32 Å². The van der Waals surface area contributed by atoms with Gasteiger partial charge in [0.05, 0.1) is 23.8 Å². The molecule has 1 saturated heterocycles. The number of likely N-dealkylation sites (N-methyl/N-ethyl adjacent to an activating group) is 1. The predicted molar refractivity (Wildman–Crippen MR) is 137 cm³/mol. The van der Waals surface area contributed by atoms with Crippen molar-refractivity contribution in [3.8, 4) is 0 Å². The van der Waals surface area contributed by atoms with Gasteiger partial charge in [-0.2, -0.15) is 13.2 Å². The molecule has 1 N–H and O–H groups in total. The molecular weight excluding hydrogens is 532 g/mol. The van der Waals surface area contributed by atoms with Crippen molar-refractivity contribution in [2.24, 2.45) is 0 Å². The Morgan fingerprint density at radius 3 is 2.40 bits per heavy atom. The van der Waals surface area contributed by atoms with Crippen LogP contribution in [0.15, 0.2) is 59.8 Å². The number of amides is 3. The van der Waals surface area contributed by atoms with Gasteiger partial charge in [-0.1, -0.05) is 18.2 Å². The third kappa shape index (κ3) is 6.27. The van der Waals surface area contributed by atoms with Gasteiger partial charge in [-0.05, 0) is 49.2 Å². The van der Waals surface area contributed by atoms with Crippen molar-refractivity contribution in [3.63, 3.8) is 0 Å². The number of esters is 1. The molecule has 0 radical (unpaired) electrons. The zero-order valence-corrected chi connectivity index (χ0v) is 22.1. The number of hydrogen-bond donors (Lipinski definition) is 1. The highest BCUT2D eigenvalue weighted by atomic mass is 19.4. The smallest absolute Gasteiger partial charge is 0.416 e. The van der Waals surface area contributed by atoms with Crippen molar-refractivity contribution in [1.29, 1.82) is 0 Å². The van der Waals surface area contributed by atoms with E-state index in [1.165, 1.54) is 54.4 Å². The van der Waals surface area contributed by atoms with Crippen LogP contribution in [0.1, 0.15) is 40.9 Å². The third-order valence-corrected chi connectivity index (χ3v) is 6.99. The van der Waals surface area contributed by atoms with Crippen molar-refractivity contribution in [1.82, 2.24) is 20.0 Å². The van der Waals surface area contributed by atoms with Crippen LogP contribution in [-0.2, 0) is 15.7 Å². The highest BCUT2D eigenvalue weighted by Gasteiger charge is 2.42. The zero-order valence-electron chi connectivity index (χ0n) is 22.1. The molecule has 3 amide bonds. The lowest BCUT2D eigenvalue weighted by Crippen LogP contribution is -2.50. The van der Waals surface area contributed by atoms with E-state index in [1.807, 2.05) is 4.90 Å². The Kier molecular flexibility index (Phi) is 8.77. The molecule has 1 fully saturated rings. The normalized spacial score (nSPS) is 18.9. The second kappa shape index (κ2) is 12.1. The van der Waals surface area contributed by atoms with E-state index < -0.39 is 35.6 Å². The quantitative estimate of drug-likeness (QED) is 0.422. The van der Waals surface area contributed by atoms with Crippen LogP contribution in [0, 0.1) is 5.82 Å². The zero-order chi connectivity index (χ0) is 29.0. The monoisotopic (exact) mass is 562 g/mol. The Morgan fingerprint density at radius 2 is 1.73 bits per heavy atom. The van der Waals surface area contributed by atoms with E-state index in [0.29, 0.717) is 38.2 Å². The molecule has 0 aliphatic carbocycles. The maximum atomic E-state index is 13.9. The summed E-state index contributed by atoms with van der Waals surface area (Å²) in [5.41, 5.74) is -0.719. The first-order valence-corrected chi connectivity index (χ1v) is 12.9. The number of carbonyl (C=O) groups is 3. The van der Waals surface area contributed by atoms with Gasteiger partial charge in [0.15, 0.2) is 0 Å². The van der Waals surface area contributed by atoms with Crippen LogP contribution in [0.3, 0.4) is 0 Å². The molecule has 4 rings (SSSR count). The van der Waals surface area contributed by atoms with E-state index in [0.717, 1.165) is 6.07 Å². The Bertz CT molecular complexity index is 1300. The molecule has 0 saturated carbocycles. The van der Waals surface area contributed by atoms with Crippen molar-refractivity contribution >= 4 is 17.9 Å². The lowest BCUT2D eigenvalue weighted by molar-refractivity contribution is -0.141. The van der Waals surface area contributed by atoms with Crippen molar-refractivity contribution in [2.45, 2.75) is 25.6 Å². The summed E-state index contributed by atoms with van der Waals surface area (Å²) >= 11 is 0. The third-order valence-electron chi connectivity index (χ3n) is 6.99. The second-order valence-corrected chi connectivity index (χ2v) is 9.54. The van der Waals surface area contributed by atoms with Crippen LogP contribution in [0.5, 0.6) is 0 Å². The number of rotatable bonds is 6. The summed E-state index contributed by atoms with van der Waals surface area (Å²) in [4.78, 5) is 43.9. The number of alkyl halides is 3. The minimum atomic E-state index is -4.71. The standard InChI is InChI=1S/C28H30F4N4O4/c1-3-40-26(38)23-22(34(2)27(39)33-24(23)20-7-4-5-8-21(20)28(30,31)32)17-35-13-6-14-36(16-15-35)25(37)18-9-11-19(29)12-10-18/h4-5,7-12,24H,3,6,13-17H2,1-2H3,(H,33,39). The first kappa shape index (κ1) is 29.1. The predicted octanol–water partition coefficient (Wildman–Crippen LogP) is 4.21. The molecule has 12 heteroatoms. The Hall–Kier alpha value is -3.93. The molecule has 2 aromatic carbocycles. The molecular formula is C28H30F4N4O4. The van der Waals surface area contributed by atoms with Gasteiger partial charge in [0.1, 0.15) is 5.82 Å². The topological polar surface area (TPSA) is 82.2 Å². The molecule has 0 bridgehead atoms. The molecule has 2 aliphatic rings. The highest BCUT2D eigenvalue weighted by molar-refractivity contribution is 5.95. The SMILES string of the molecule is CCOC(=O)C1=C(CN2CCCN(C(=O)c3ccc(F)cc3)CC2)N(C)C(=O)NC1c1ccccc1C(F)(F)F. The number of nitrogens with zero attached hydrogens (tertiary/aromatic N) is 3. The molecule has 214 valence electrons. The lowest BCUT2D eigenvalue weighted by Gasteiger charge is -2.37. The van der Waals surface area contributed by atoms with Gasteiger partial charge in [0, 0.05) is 51.0 Å². The molecule has 2 aliphatic heterocycles. The maximum Gasteiger partial charge on any atom is 0.416 e. The van der Waals surface area contributed by atoms with Gasteiger partial charge in [-0.15, -0.1) is 0 Å². The maximum absolute atomic E-state index is 13.9. The summed E-state index contributed by atoms with van der Waals surface area (Å²) in [6, 6.07) is 8.05. The summed E-state index contributed by atoms with van der Waals surface area (Å²) in [6.07, 6.45) is -4.14. The summed E-state index contributed by atoms with van der Waals surface area (Å²) < 4.78 is 60.2. The first-order chi connectivity index (χ1) is 19.0. The number of ether oxygens (including phenoxy) is 1. The fourth-order valence-electron chi connectivity index (χ4n) is 4.96. The fraction of sp³-hybridized carbons (Fsp3) is 0.393. The second-order valence-electron chi connectivity index (χ2n) is 9.54. The van der Waals surface area contributed by atoms with Gasteiger partial charge in [-0.25, -0.2) is 14.0 Å². The van der Waals surface area contributed by atoms with Crippen LogP contribution in [-0.4, -0.2) is 79.0 Å². The fourth-order valence-corrected chi connectivity index (χ4v) is 4.96. The average Bonchev–Trinajstić information content (AvgIpc) is 3.16. The molecule has 0 aromatic heterocycles. The van der Waals surface area contributed by atoms with Crippen molar-refractivity contribution in [3.05, 3.63) is 82.3 Å². The van der Waals surface area contributed by atoms with E-state index in [2.05, 4.69) is 5.32 Å². The molecule has 1 unspecified atom stereocenters. The van der Waals surface area contributed by atoms with Gasteiger partial charge >= 0.3 is 18.2 Å². The summed E-state index contributed by atoms with van der Waals surface area (Å²) in [7, 11) is 1.44. The minimum absolute atomic E-state index is 0.00885. The Labute approximate surface area is 229 Å². The lowest BCUT2D eigenvalue weighted by atomic mass is 9.90. The Morgan fingerprint density at radius 1 is 1.02 bits per heavy atom. The number of carbonyl (C=O) groups excluding carboxylic acids is 3. The van der Waals surface area contributed by atoms with Crippen molar-refractivity contribution in [2.75, 3.05) is 46.4 Å². The molecule has 0 spiro atoms. The number of benzene rings is 2. The van der Waals surface area contributed by atoms with Crippen LogP contribution in [0.2, 0.25) is 0 Å². The van der Waals surface area contributed by atoms with E-state index in [9.17, 15) is 31.9 Å². The molecule has 1 atom stereocenters. The Balaban J connectivity index is 1.65. The molecule has 2 aromatic rings. The average molecular weight is 563 g/mol. The molecule has 8 nitrogen and oxygen atoms in total. The molecule has 2 heterocycles. The van der Waals surface area contributed by atoms with Gasteiger partial charge in [-0.3, -0.25) is 14.6 Å². The van der Waals surface area contributed by atoms with Crippen LogP contribution >= 0.6 is 0 Å². The van der Waals surface area contributed by atoms with Crippen LogP contribution in [0.25, 0.3) is 0 Å². The summed E-state index contributed by atoms with van der Waals surface area (Å²) in [6.45, 7) is 3.30. The number of halogens is 4. The highest BCUT2D eigenvalue weighted by Crippen LogP contribution is 2.39. The number of nitrogens with one attached hydrogen (secondary N) is 1.